The van der Waals surface area contributed by atoms with Crippen LogP contribution in [0, 0.1) is 5.92 Å². The summed E-state index contributed by atoms with van der Waals surface area (Å²) in [5.74, 6) is 1.73. The highest BCUT2D eigenvalue weighted by Gasteiger charge is 2.21. The minimum Gasteiger partial charge on any atom is -0.356 e. The molecule has 2 aliphatic heterocycles. The molecule has 6 nitrogen and oxygen atoms in total. The fourth-order valence-electron chi connectivity index (χ4n) is 3.87. The Labute approximate surface area is 153 Å². The molecule has 0 bridgehead atoms. The molecule has 2 heterocycles. The molecule has 25 heavy (non-hydrogen) atoms. The molecule has 0 radical (unpaired) electrons. The first-order chi connectivity index (χ1) is 12.1. The predicted molar refractivity (Wildman–Crippen MR) is 104 cm³/mol. The van der Waals surface area contributed by atoms with E-state index in [1.54, 1.807) is 7.05 Å². The summed E-state index contributed by atoms with van der Waals surface area (Å²) in [5.41, 5.74) is 0. The van der Waals surface area contributed by atoms with E-state index in [1.807, 2.05) is 4.90 Å². The number of amides is 1. The molecule has 144 valence electrons. The molecule has 1 unspecified atom stereocenters. The summed E-state index contributed by atoms with van der Waals surface area (Å²) in [7, 11) is 1.80. The number of carbonyl (C=O) groups excluding carboxylic acids is 1. The molecule has 6 heteroatoms. The van der Waals surface area contributed by atoms with Crippen LogP contribution in [-0.2, 0) is 4.79 Å². The molecule has 0 spiro atoms. The minimum atomic E-state index is 0.266. The van der Waals surface area contributed by atoms with Gasteiger partial charge in [0, 0.05) is 52.2 Å². The van der Waals surface area contributed by atoms with E-state index >= 15 is 0 Å². The Kier molecular flexibility index (Phi) is 8.52. The number of aliphatic imine (C=N–C) groups is 1. The molecule has 0 aromatic carbocycles. The molecule has 2 N–H and O–H groups in total. The van der Waals surface area contributed by atoms with Gasteiger partial charge < -0.3 is 20.4 Å². The van der Waals surface area contributed by atoms with Gasteiger partial charge in [0.1, 0.15) is 0 Å². The van der Waals surface area contributed by atoms with E-state index < -0.39 is 0 Å². The zero-order valence-electron chi connectivity index (χ0n) is 16.4. The van der Waals surface area contributed by atoms with Gasteiger partial charge in [-0.3, -0.25) is 9.79 Å². The van der Waals surface area contributed by atoms with Gasteiger partial charge >= 0.3 is 0 Å². The molecule has 2 fully saturated rings. The average Bonchev–Trinajstić information content (AvgIpc) is 2.62. The molecule has 1 amide bonds. The van der Waals surface area contributed by atoms with Crippen LogP contribution in [0.25, 0.3) is 0 Å². The molecule has 2 aliphatic rings. The third-order valence-electron chi connectivity index (χ3n) is 5.33. The predicted octanol–water partition coefficient (Wildman–Crippen LogP) is 1.67. The molecule has 1 atom stereocenters. The Morgan fingerprint density at radius 3 is 2.60 bits per heavy atom. The van der Waals surface area contributed by atoms with E-state index in [1.165, 1.54) is 19.4 Å². The van der Waals surface area contributed by atoms with Gasteiger partial charge in [0.25, 0.3) is 0 Å². The summed E-state index contributed by atoms with van der Waals surface area (Å²) in [4.78, 5) is 21.2. The smallest absolute Gasteiger partial charge is 0.224 e. The quantitative estimate of drug-likeness (QED) is 0.565. The number of guanidine groups is 1. The van der Waals surface area contributed by atoms with Crippen molar-refractivity contribution in [1.29, 1.82) is 0 Å². The van der Waals surface area contributed by atoms with Gasteiger partial charge in [0.15, 0.2) is 5.96 Å². The Bertz CT molecular complexity index is 432. The molecule has 0 aromatic rings. The van der Waals surface area contributed by atoms with Crippen LogP contribution in [0.2, 0.25) is 0 Å². The number of likely N-dealkylation sites (tertiary alicyclic amines) is 2. The van der Waals surface area contributed by atoms with Crippen molar-refractivity contribution < 1.29 is 4.79 Å². The number of hydrogen-bond acceptors (Lipinski definition) is 3. The first-order valence-corrected chi connectivity index (χ1v) is 10.1. The number of nitrogens with zero attached hydrogens (tertiary/aromatic N) is 3. The normalized spacial score (nSPS) is 23.6. The zero-order valence-corrected chi connectivity index (χ0v) is 16.4. The van der Waals surface area contributed by atoms with Crippen molar-refractivity contribution >= 4 is 11.9 Å². The van der Waals surface area contributed by atoms with Crippen LogP contribution >= 0.6 is 0 Å². The van der Waals surface area contributed by atoms with Gasteiger partial charge in [0.2, 0.25) is 5.91 Å². The lowest BCUT2D eigenvalue weighted by molar-refractivity contribution is -0.132. The van der Waals surface area contributed by atoms with E-state index in [4.69, 9.17) is 0 Å². The van der Waals surface area contributed by atoms with E-state index in [9.17, 15) is 4.79 Å². The van der Waals surface area contributed by atoms with E-state index in [0.717, 1.165) is 51.4 Å². The summed E-state index contributed by atoms with van der Waals surface area (Å²) in [5, 5.41) is 6.83. The number of hydrogen-bond donors (Lipinski definition) is 2. The average molecular weight is 352 g/mol. The van der Waals surface area contributed by atoms with Crippen molar-refractivity contribution in [3.8, 4) is 0 Å². The van der Waals surface area contributed by atoms with Crippen LogP contribution < -0.4 is 10.6 Å². The number of carbonyl (C=O) groups is 1. The van der Waals surface area contributed by atoms with Gasteiger partial charge in [0.05, 0.1) is 0 Å². The van der Waals surface area contributed by atoms with Crippen molar-refractivity contribution in [2.24, 2.45) is 10.9 Å². The Balaban J connectivity index is 1.64. The van der Waals surface area contributed by atoms with Crippen LogP contribution in [0.3, 0.4) is 0 Å². The lowest BCUT2D eigenvalue weighted by Gasteiger charge is -2.33. The fraction of sp³-hybridized carbons (Fsp3) is 0.895. The van der Waals surface area contributed by atoms with E-state index in [2.05, 4.69) is 34.4 Å². The SMILES string of the molecule is CCCN1CCC(NC(=NC)NCCC(=O)N2CCCC(C)C2)CC1. The molecule has 2 saturated heterocycles. The van der Waals surface area contributed by atoms with Gasteiger partial charge in [-0.05, 0) is 44.6 Å². The lowest BCUT2D eigenvalue weighted by atomic mass is 10.00. The van der Waals surface area contributed by atoms with Crippen LogP contribution in [0.5, 0.6) is 0 Å². The van der Waals surface area contributed by atoms with Crippen LogP contribution in [0.1, 0.15) is 52.4 Å². The second-order valence-corrected chi connectivity index (χ2v) is 7.60. The minimum absolute atomic E-state index is 0.266. The maximum Gasteiger partial charge on any atom is 0.224 e. The molecular formula is C19H37N5O. The second-order valence-electron chi connectivity index (χ2n) is 7.60. The first-order valence-electron chi connectivity index (χ1n) is 10.1. The highest BCUT2D eigenvalue weighted by Crippen LogP contribution is 2.16. The molecule has 0 aliphatic carbocycles. The number of nitrogens with one attached hydrogen (secondary N) is 2. The summed E-state index contributed by atoms with van der Waals surface area (Å²) >= 11 is 0. The topological polar surface area (TPSA) is 60.0 Å². The summed E-state index contributed by atoms with van der Waals surface area (Å²) in [6.45, 7) is 10.5. The standard InChI is InChI=1S/C19H37N5O/c1-4-11-23-13-8-17(9-14-23)22-19(20-3)21-10-7-18(25)24-12-5-6-16(2)15-24/h16-17H,4-15H2,1-3H3,(H2,20,21,22). The monoisotopic (exact) mass is 351 g/mol. The highest BCUT2D eigenvalue weighted by molar-refractivity contribution is 5.81. The summed E-state index contributed by atoms with van der Waals surface area (Å²) < 4.78 is 0. The number of rotatable bonds is 6. The largest absolute Gasteiger partial charge is 0.356 e. The van der Waals surface area contributed by atoms with E-state index in [0.29, 0.717) is 24.9 Å². The number of piperidine rings is 2. The third kappa shape index (κ3) is 6.84. The third-order valence-corrected chi connectivity index (χ3v) is 5.33. The van der Waals surface area contributed by atoms with Gasteiger partial charge in [-0.2, -0.15) is 0 Å². The van der Waals surface area contributed by atoms with Crippen molar-refractivity contribution in [3.05, 3.63) is 0 Å². The van der Waals surface area contributed by atoms with Gasteiger partial charge in [-0.1, -0.05) is 13.8 Å². The van der Waals surface area contributed by atoms with Crippen molar-refractivity contribution in [1.82, 2.24) is 20.4 Å². The summed E-state index contributed by atoms with van der Waals surface area (Å²) in [6.07, 6.45) is 6.47. The lowest BCUT2D eigenvalue weighted by Crippen LogP contribution is -2.49. The van der Waals surface area contributed by atoms with Crippen molar-refractivity contribution in [3.63, 3.8) is 0 Å². The fourth-order valence-corrected chi connectivity index (χ4v) is 3.87. The van der Waals surface area contributed by atoms with Crippen molar-refractivity contribution in [2.45, 2.75) is 58.4 Å². The Morgan fingerprint density at radius 2 is 1.96 bits per heavy atom. The van der Waals surface area contributed by atoms with E-state index in [-0.39, 0.29) is 5.91 Å². The molecule has 0 saturated carbocycles. The Morgan fingerprint density at radius 1 is 1.20 bits per heavy atom. The maximum atomic E-state index is 12.3. The van der Waals surface area contributed by atoms with Crippen molar-refractivity contribution in [2.75, 3.05) is 46.3 Å². The van der Waals surface area contributed by atoms with Crippen LogP contribution in [-0.4, -0.2) is 74.0 Å². The highest BCUT2D eigenvalue weighted by atomic mass is 16.2. The maximum absolute atomic E-state index is 12.3. The second kappa shape index (κ2) is 10.6. The van der Waals surface area contributed by atoms with Gasteiger partial charge in [-0.25, -0.2) is 0 Å². The first kappa shape index (κ1) is 20.0. The molecule has 2 rings (SSSR count). The van der Waals surface area contributed by atoms with Crippen LogP contribution in [0.15, 0.2) is 4.99 Å². The molecule has 0 aromatic heterocycles. The molecular weight excluding hydrogens is 314 g/mol. The van der Waals surface area contributed by atoms with Crippen LogP contribution in [0.4, 0.5) is 0 Å². The Hall–Kier alpha value is -1.30. The summed E-state index contributed by atoms with van der Waals surface area (Å²) in [6, 6.07) is 0.484. The van der Waals surface area contributed by atoms with Gasteiger partial charge in [-0.15, -0.1) is 0 Å². The zero-order chi connectivity index (χ0) is 18.1.